The van der Waals surface area contributed by atoms with E-state index in [0.717, 1.165) is 6.54 Å². The Labute approximate surface area is 77.3 Å². The zero-order chi connectivity index (χ0) is 9.15. The molecule has 0 atom stereocenters. The van der Waals surface area contributed by atoms with Crippen LogP contribution in [0.15, 0.2) is 0 Å². The number of hydrogen-bond acceptors (Lipinski definition) is 4. The molecule has 0 amide bonds. The Hall–Kier alpha value is -1.13. The summed E-state index contributed by atoms with van der Waals surface area (Å²) in [4.78, 5) is 0. The highest BCUT2D eigenvalue weighted by Crippen LogP contribution is 2.37. The Morgan fingerprint density at radius 2 is 2.23 bits per heavy atom. The van der Waals surface area contributed by atoms with E-state index in [1.165, 1.54) is 25.7 Å². The molecule has 0 bridgehead atoms. The lowest BCUT2D eigenvalue weighted by Gasteiger charge is -2.22. The number of hydrogen-bond donors (Lipinski definition) is 2. The predicted molar refractivity (Wildman–Crippen MR) is 49.2 cm³/mol. The summed E-state index contributed by atoms with van der Waals surface area (Å²) in [6, 6.07) is 0. The van der Waals surface area contributed by atoms with Crippen LogP contribution in [0.2, 0.25) is 0 Å². The molecule has 0 unspecified atom stereocenters. The maximum absolute atomic E-state index is 3.85. The molecule has 72 valence electrons. The fourth-order valence-electron chi connectivity index (χ4n) is 1.93. The minimum atomic E-state index is 0.431. The number of nitrogens with zero attached hydrogens (tertiary/aromatic N) is 3. The van der Waals surface area contributed by atoms with E-state index < -0.39 is 0 Å². The van der Waals surface area contributed by atoms with E-state index in [1.807, 2.05) is 0 Å². The standard InChI is InChI=1S/C8H15N5/c1-8(4-2-3-5-8)6-9-7-10-12-13-11-7/h2-6H2,1H3,(H2,9,10,11,12,13). The first kappa shape index (κ1) is 8.47. The van der Waals surface area contributed by atoms with Crippen LogP contribution in [0.4, 0.5) is 5.95 Å². The highest BCUT2D eigenvalue weighted by Gasteiger charge is 2.28. The molecule has 1 heterocycles. The third-order valence-electron chi connectivity index (χ3n) is 2.83. The summed E-state index contributed by atoms with van der Waals surface area (Å²) in [6.45, 7) is 3.26. The number of rotatable bonds is 3. The van der Waals surface area contributed by atoms with Gasteiger partial charge in [-0.05, 0) is 23.5 Å². The van der Waals surface area contributed by atoms with Gasteiger partial charge in [-0.1, -0.05) is 24.9 Å². The number of aromatic nitrogens is 4. The molecule has 0 aliphatic heterocycles. The average Bonchev–Trinajstić information content (AvgIpc) is 2.72. The number of anilines is 1. The zero-order valence-electron chi connectivity index (χ0n) is 7.88. The molecule has 1 aliphatic rings. The molecule has 1 aliphatic carbocycles. The predicted octanol–water partition coefficient (Wildman–Crippen LogP) is 1.19. The van der Waals surface area contributed by atoms with Crippen molar-refractivity contribution in [3.05, 3.63) is 0 Å². The van der Waals surface area contributed by atoms with Gasteiger partial charge < -0.3 is 5.32 Å². The van der Waals surface area contributed by atoms with E-state index in [-0.39, 0.29) is 0 Å². The molecule has 5 heteroatoms. The first-order valence-corrected chi connectivity index (χ1v) is 4.76. The quantitative estimate of drug-likeness (QED) is 0.735. The van der Waals surface area contributed by atoms with Crippen molar-refractivity contribution >= 4 is 5.95 Å². The van der Waals surface area contributed by atoms with Crippen molar-refractivity contribution < 1.29 is 0 Å². The molecule has 2 N–H and O–H groups in total. The van der Waals surface area contributed by atoms with Gasteiger partial charge in [0.1, 0.15) is 0 Å². The molecular weight excluding hydrogens is 166 g/mol. The molecule has 0 saturated heterocycles. The third-order valence-corrected chi connectivity index (χ3v) is 2.83. The molecular formula is C8H15N5. The van der Waals surface area contributed by atoms with Crippen LogP contribution in [-0.4, -0.2) is 27.2 Å². The van der Waals surface area contributed by atoms with Crippen LogP contribution >= 0.6 is 0 Å². The Kier molecular flexibility index (Phi) is 2.16. The second kappa shape index (κ2) is 3.32. The molecule has 5 nitrogen and oxygen atoms in total. The Morgan fingerprint density at radius 3 is 2.85 bits per heavy atom. The van der Waals surface area contributed by atoms with Gasteiger partial charge in [-0.2, -0.15) is 5.21 Å². The van der Waals surface area contributed by atoms with Crippen molar-refractivity contribution in [1.29, 1.82) is 0 Å². The summed E-state index contributed by atoms with van der Waals surface area (Å²) in [7, 11) is 0. The van der Waals surface area contributed by atoms with E-state index in [1.54, 1.807) is 0 Å². The summed E-state index contributed by atoms with van der Waals surface area (Å²) in [5.74, 6) is 0.605. The summed E-state index contributed by atoms with van der Waals surface area (Å²) >= 11 is 0. The van der Waals surface area contributed by atoms with E-state index in [4.69, 9.17) is 0 Å². The Balaban J connectivity index is 1.85. The van der Waals surface area contributed by atoms with Gasteiger partial charge in [-0.3, -0.25) is 0 Å². The monoisotopic (exact) mass is 181 g/mol. The molecule has 1 fully saturated rings. The maximum Gasteiger partial charge on any atom is 0.263 e. The van der Waals surface area contributed by atoms with Crippen LogP contribution in [0.5, 0.6) is 0 Å². The summed E-state index contributed by atoms with van der Waals surface area (Å²) in [6.07, 6.45) is 5.31. The number of aromatic amines is 1. The molecule has 1 saturated carbocycles. The van der Waals surface area contributed by atoms with Crippen LogP contribution in [0, 0.1) is 5.41 Å². The fourth-order valence-corrected chi connectivity index (χ4v) is 1.93. The first-order chi connectivity index (χ1) is 6.29. The van der Waals surface area contributed by atoms with Gasteiger partial charge in [-0.25, -0.2) is 0 Å². The average molecular weight is 181 g/mol. The van der Waals surface area contributed by atoms with Gasteiger partial charge in [-0.15, -0.1) is 5.10 Å². The van der Waals surface area contributed by atoms with Gasteiger partial charge in [0.25, 0.3) is 5.95 Å². The van der Waals surface area contributed by atoms with Crippen LogP contribution in [-0.2, 0) is 0 Å². The molecule has 13 heavy (non-hydrogen) atoms. The lowest BCUT2D eigenvalue weighted by molar-refractivity contribution is 0.361. The maximum atomic E-state index is 3.85. The smallest absolute Gasteiger partial charge is 0.263 e. The summed E-state index contributed by atoms with van der Waals surface area (Å²) < 4.78 is 0. The van der Waals surface area contributed by atoms with Gasteiger partial charge in [0.15, 0.2) is 0 Å². The normalized spacial score (nSPS) is 20.4. The SMILES string of the molecule is CC1(CNc2nn[nH]n2)CCCC1. The van der Waals surface area contributed by atoms with Gasteiger partial charge in [0.05, 0.1) is 0 Å². The van der Waals surface area contributed by atoms with Crippen LogP contribution in [0.3, 0.4) is 0 Å². The van der Waals surface area contributed by atoms with Crippen molar-refractivity contribution in [2.24, 2.45) is 5.41 Å². The van der Waals surface area contributed by atoms with Gasteiger partial charge in [0.2, 0.25) is 0 Å². The molecule has 1 aromatic heterocycles. The van der Waals surface area contributed by atoms with Crippen LogP contribution in [0.1, 0.15) is 32.6 Å². The minimum absolute atomic E-state index is 0.431. The van der Waals surface area contributed by atoms with Crippen molar-refractivity contribution in [1.82, 2.24) is 20.6 Å². The van der Waals surface area contributed by atoms with Gasteiger partial charge >= 0.3 is 0 Å². The van der Waals surface area contributed by atoms with Crippen molar-refractivity contribution in [2.45, 2.75) is 32.6 Å². The Bertz CT molecular complexity index is 250. The first-order valence-electron chi connectivity index (χ1n) is 4.76. The van der Waals surface area contributed by atoms with Crippen LogP contribution in [0.25, 0.3) is 0 Å². The number of tetrazole rings is 1. The lowest BCUT2D eigenvalue weighted by atomic mass is 9.89. The van der Waals surface area contributed by atoms with Crippen molar-refractivity contribution in [3.8, 4) is 0 Å². The van der Waals surface area contributed by atoms with Crippen molar-refractivity contribution in [2.75, 3.05) is 11.9 Å². The summed E-state index contributed by atoms with van der Waals surface area (Å²) in [5.41, 5.74) is 0.431. The van der Waals surface area contributed by atoms with E-state index in [2.05, 4.69) is 32.9 Å². The van der Waals surface area contributed by atoms with E-state index in [0.29, 0.717) is 11.4 Å². The highest BCUT2D eigenvalue weighted by atomic mass is 15.5. The van der Waals surface area contributed by atoms with Crippen molar-refractivity contribution in [3.63, 3.8) is 0 Å². The Morgan fingerprint density at radius 1 is 1.46 bits per heavy atom. The lowest BCUT2D eigenvalue weighted by Crippen LogP contribution is -2.23. The second-order valence-corrected chi connectivity index (χ2v) is 4.11. The molecule has 0 spiro atoms. The minimum Gasteiger partial charge on any atom is -0.351 e. The zero-order valence-corrected chi connectivity index (χ0v) is 7.88. The second-order valence-electron chi connectivity index (χ2n) is 4.11. The molecule has 1 aromatic rings. The summed E-state index contributed by atoms with van der Waals surface area (Å²) in [5, 5.41) is 16.8. The topological polar surface area (TPSA) is 66.5 Å². The van der Waals surface area contributed by atoms with Gasteiger partial charge in [0, 0.05) is 6.54 Å². The van der Waals surface area contributed by atoms with E-state index >= 15 is 0 Å². The molecule has 2 rings (SSSR count). The molecule has 0 aromatic carbocycles. The highest BCUT2D eigenvalue weighted by molar-refractivity contribution is 5.19. The fraction of sp³-hybridized carbons (Fsp3) is 0.875. The van der Waals surface area contributed by atoms with Crippen LogP contribution < -0.4 is 5.32 Å². The number of nitrogens with one attached hydrogen (secondary N) is 2. The van der Waals surface area contributed by atoms with E-state index in [9.17, 15) is 0 Å². The number of H-pyrrole nitrogens is 1. The third kappa shape index (κ3) is 1.96. The molecule has 0 radical (unpaired) electrons. The largest absolute Gasteiger partial charge is 0.351 e.